The van der Waals surface area contributed by atoms with Gasteiger partial charge in [-0.25, -0.2) is 8.78 Å². The summed E-state index contributed by atoms with van der Waals surface area (Å²) in [7, 11) is 0. The highest BCUT2D eigenvalue weighted by Gasteiger charge is 2.17. The number of hydrogen-bond acceptors (Lipinski definition) is 6. The van der Waals surface area contributed by atoms with E-state index in [9.17, 15) is 8.78 Å². The second-order valence-corrected chi connectivity index (χ2v) is 3.80. The van der Waals surface area contributed by atoms with Crippen molar-refractivity contribution in [2.75, 3.05) is 23.7 Å². The van der Waals surface area contributed by atoms with Crippen molar-refractivity contribution < 1.29 is 13.9 Å². The zero-order valence-electron chi connectivity index (χ0n) is 9.70. The van der Waals surface area contributed by atoms with Gasteiger partial charge in [-0.1, -0.05) is 6.92 Å². The maximum Gasteiger partial charge on any atom is 0.265 e. The number of nitrogens with one attached hydrogen (secondary N) is 2. The number of aliphatic hydroxyl groups is 1. The summed E-state index contributed by atoms with van der Waals surface area (Å²) >= 11 is 5.65. The van der Waals surface area contributed by atoms with E-state index in [-0.39, 0.29) is 23.7 Å². The van der Waals surface area contributed by atoms with Crippen molar-refractivity contribution in [1.29, 1.82) is 0 Å². The van der Waals surface area contributed by atoms with E-state index in [4.69, 9.17) is 16.7 Å². The first-order valence-corrected chi connectivity index (χ1v) is 5.76. The zero-order valence-corrected chi connectivity index (χ0v) is 10.5. The van der Waals surface area contributed by atoms with Crippen LogP contribution >= 0.6 is 11.6 Å². The van der Waals surface area contributed by atoms with Crippen LogP contribution in [0, 0.1) is 0 Å². The molecule has 6 nitrogen and oxygen atoms in total. The molecule has 0 aliphatic carbocycles. The second kappa shape index (κ2) is 7.22. The van der Waals surface area contributed by atoms with Crippen molar-refractivity contribution in [2.24, 2.45) is 0 Å². The van der Waals surface area contributed by atoms with Crippen LogP contribution in [-0.2, 0) is 0 Å². The molecular formula is C9H14ClF2N5O. The number of rotatable bonds is 7. The lowest BCUT2D eigenvalue weighted by molar-refractivity contribution is 0.00376. The number of hydrogen-bond donors (Lipinski definition) is 3. The van der Waals surface area contributed by atoms with E-state index in [2.05, 4.69) is 25.6 Å². The molecule has 0 aliphatic rings. The Morgan fingerprint density at radius 1 is 1.22 bits per heavy atom. The number of alkyl halides is 2. The largest absolute Gasteiger partial charge is 0.385 e. The average Bonchev–Trinajstić information content (AvgIpc) is 2.32. The normalized spacial score (nSPS) is 12.6. The fourth-order valence-corrected chi connectivity index (χ4v) is 1.19. The number of aromatic nitrogens is 3. The molecule has 0 bridgehead atoms. The molecule has 0 fully saturated rings. The summed E-state index contributed by atoms with van der Waals surface area (Å²) in [5.74, 6) is 0.291. The molecule has 0 spiro atoms. The molecule has 0 aliphatic heterocycles. The Balaban J connectivity index is 2.62. The molecule has 1 atom stereocenters. The van der Waals surface area contributed by atoms with Crippen molar-refractivity contribution in [3.63, 3.8) is 0 Å². The lowest BCUT2D eigenvalue weighted by atomic mass is 10.4. The van der Waals surface area contributed by atoms with Crippen molar-refractivity contribution in [3.05, 3.63) is 5.28 Å². The first kappa shape index (κ1) is 14.8. The van der Waals surface area contributed by atoms with Gasteiger partial charge in [0.25, 0.3) is 6.43 Å². The molecule has 0 radical (unpaired) electrons. The van der Waals surface area contributed by atoms with Gasteiger partial charge in [-0.15, -0.1) is 0 Å². The van der Waals surface area contributed by atoms with Gasteiger partial charge >= 0.3 is 0 Å². The summed E-state index contributed by atoms with van der Waals surface area (Å²) in [6.45, 7) is 2.25. The fraction of sp³-hybridized carbons (Fsp3) is 0.667. The highest BCUT2D eigenvalue weighted by atomic mass is 35.5. The third-order valence-corrected chi connectivity index (χ3v) is 2.07. The van der Waals surface area contributed by atoms with Crippen LogP contribution in [0.25, 0.3) is 0 Å². The molecule has 3 N–H and O–H groups in total. The lowest BCUT2D eigenvalue weighted by Gasteiger charge is -2.11. The third kappa shape index (κ3) is 4.92. The van der Waals surface area contributed by atoms with Crippen LogP contribution in [0.3, 0.4) is 0 Å². The van der Waals surface area contributed by atoms with Gasteiger partial charge in [0.15, 0.2) is 0 Å². The maximum atomic E-state index is 12.1. The van der Waals surface area contributed by atoms with E-state index in [1.807, 2.05) is 6.92 Å². The molecule has 0 saturated heterocycles. The van der Waals surface area contributed by atoms with Crippen LogP contribution in [0.2, 0.25) is 5.28 Å². The van der Waals surface area contributed by atoms with Crippen LogP contribution in [0.1, 0.15) is 13.3 Å². The van der Waals surface area contributed by atoms with Gasteiger partial charge in [0.2, 0.25) is 17.2 Å². The number of nitrogens with zero attached hydrogens (tertiary/aromatic N) is 3. The van der Waals surface area contributed by atoms with E-state index in [0.29, 0.717) is 6.54 Å². The van der Waals surface area contributed by atoms with Crippen molar-refractivity contribution >= 4 is 23.5 Å². The molecule has 0 aromatic carbocycles. The predicted octanol–water partition coefficient (Wildman–Crippen LogP) is 1.38. The predicted molar refractivity (Wildman–Crippen MR) is 64.1 cm³/mol. The van der Waals surface area contributed by atoms with E-state index in [1.54, 1.807) is 0 Å². The summed E-state index contributed by atoms with van der Waals surface area (Å²) in [5.41, 5.74) is 0. The van der Waals surface area contributed by atoms with Crippen molar-refractivity contribution in [3.8, 4) is 0 Å². The summed E-state index contributed by atoms with van der Waals surface area (Å²) in [5, 5.41) is 14.2. The zero-order chi connectivity index (χ0) is 13.5. The van der Waals surface area contributed by atoms with Gasteiger partial charge in [-0.05, 0) is 18.0 Å². The van der Waals surface area contributed by atoms with Gasteiger partial charge in [0.05, 0.1) is 0 Å². The van der Waals surface area contributed by atoms with Crippen LogP contribution in [-0.4, -0.2) is 45.7 Å². The molecule has 0 saturated carbocycles. The van der Waals surface area contributed by atoms with Gasteiger partial charge in [0, 0.05) is 13.1 Å². The van der Waals surface area contributed by atoms with E-state index in [0.717, 1.165) is 6.42 Å². The van der Waals surface area contributed by atoms with Gasteiger partial charge in [0.1, 0.15) is 6.10 Å². The van der Waals surface area contributed by atoms with Crippen LogP contribution in [0.5, 0.6) is 0 Å². The molecule has 1 aromatic heterocycles. The van der Waals surface area contributed by atoms with Crippen LogP contribution < -0.4 is 10.6 Å². The number of anilines is 2. The minimum absolute atomic E-state index is 0.0355. The quantitative estimate of drug-likeness (QED) is 0.700. The first-order chi connectivity index (χ1) is 8.52. The van der Waals surface area contributed by atoms with Gasteiger partial charge < -0.3 is 15.7 Å². The molecule has 1 aromatic rings. The molecule has 1 heterocycles. The smallest absolute Gasteiger partial charge is 0.265 e. The summed E-state index contributed by atoms with van der Waals surface area (Å²) < 4.78 is 24.1. The summed E-state index contributed by atoms with van der Waals surface area (Å²) in [4.78, 5) is 11.4. The molecule has 18 heavy (non-hydrogen) atoms. The van der Waals surface area contributed by atoms with E-state index < -0.39 is 12.5 Å². The van der Waals surface area contributed by atoms with Crippen molar-refractivity contribution in [2.45, 2.75) is 25.9 Å². The second-order valence-electron chi connectivity index (χ2n) is 3.46. The highest BCUT2D eigenvalue weighted by Crippen LogP contribution is 2.10. The maximum absolute atomic E-state index is 12.1. The number of aliphatic hydroxyl groups excluding tert-OH is 1. The molecule has 1 unspecified atom stereocenters. The topological polar surface area (TPSA) is 83.0 Å². The Morgan fingerprint density at radius 3 is 2.39 bits per heavy atom. The molecular weight excluding hydrogens is 268 g/mol. The number of halogens is 3. The van der Waals surface area contributed by atoms with E-state index >= 15 is 0 Å². The molecule has 102 valence electrons. The molecule has 1 rings (SSSR count). The van der Waals surface area contributed by atoms with Gasteiger partial charge in [-0.2, -0.15) is 15.0 Å². The molecule has 9 heteroatoms. The lowest BCUT2D eigenvalue weighted by Crippen LogP contribution is -2.27. The van der Waals surface area contributed by atoms with Crippen LogP contribution in [0.4, 0.5) is 20.7 Å². The summed E-state index contributed by atoms with van der Waals surface area (Å²) in [6, 6.07) is 0. The minimum atomic E-state index is -2.83. The molecule has 0 amide bonds. The minimum Gasteiger partial charge on any atom is -0.385 e. The standard InChI is InChI=1S/C9H14ClF2N5O/c1-2-3-13-8-15-7(10)16-9(17-8)14-4-5(18)6(11)12/h5-6,18H,2-4H2,1H3,(H2,13,14,15,16,17). The van der Waals surface area contributed by atoms with Crippen LogP contribution in [0.15, 0.2) is 0 Å². The van der Waals surface area contributed by atoms with Gasteiger partial charge in [-0.3, -0.25) is 0 Å². The fourth-order valence-electron chi connectivity index (χ4n) is 1.03. The Bertz CT molecular complexity index is 382. The Kier molecular flexibility index (Phi) is 5.93. The van der Waals surface area contributed by atoms with E-state index in [1.165, 1.54) is 0 Å². The van der Waals surface area contributed by atoms with Crippen molar-refractivity contribution in [1.82, 2.24) is 15.0 Å². The SMILES string of the molecule is CCCNc1nc(Cl)nc(NCC(O)C(F)F)n1. The first-order valence-electron chi connectivity index (χ1n) is 5.38. The third-order valence-electron chi connectivity index (χ3n) is 1.90. The Hall–Kier alpha value is -1.28. The summed E-state index contributed by atoms with van der Waals surface area (Å²) in [6.07, 6.45) is -3.74. The average molecular weight is 282 g/mol. The Morgan fingerprint density at radius 2 is 1.83 bits per heavy atom. The monoisotopic (exact) mass is 281 g/mol. The Labute approximate surface area is 108 Å². The highest BCUT2D eigenvalue weighted by molar-refractivity contribution is 6.28.